The van der Waals surface area contributed by atoms with E-state index in [1.165, 1.54) is 4.90 Å². The van der Waals surface area contributed by atoms with Crippen LogP contribution in [0.5, 0.6) is 0 Å². The first-order valence-electron chi connectivity index (χ1n) is 9.17. The highest BCUT2D eigenvalue weighted by Gasteiger charge is 2.62. The summed E-state index contributed by atoms with van der Waals surface area (Å²) in [5, 5.41) is 13.3. The number of fused-ring (bicyclic) bond motifs is 3. The first-order valence-corrected chi connectivity index (χ1v) is 9.17. The monoisotopic (exact) mass is 358 g/mol. The first-order chi connectivity index (χ1) is 13.2. The number of carbonyl (C=O) groups is 2. The predicted octanol–water partition coefficient (Wildman–Crippen LogP) is 2.09. The van der Waals surface area contributed by atoms with E-state index in [1.54, 1.807) is 24.3 Å². The van der Waals surface area contributed by atoms with Crippen LogP contribution in [-0.2, 0) is 9.59 Å². The van der Waals surface area contributed by atoms with Gasteiger partial charge < -0.3 is 0 Å². The summed E-state index contributed by atoms with van der Waals surface area (Å²) in [5.41, 5.74) is 2.11. The fraction of sp³-hybridized carbons (Fsp3) is 0.286. The van der Waals surface area contributed by atoms with Crippen LogP contribution in [0.2, 0.25) is 0 Å². The van der Waals surface area contributed by atoms with Crippen LogP contribution in [-0.4, -0.2) is 41.0 Å². The summed E-state index contributed by atoms with van der Waals surface area (Å²) in [7, 11) is 0. The molecule has 0 aromatic heterocycles. The molecule has 6 heteroatoms. The van der Waals surface area contributed by atoms with E-state index in [0.29, 0.717) is 11.3 Å². The van der Waals surface area contributed by atoms with Crippen molar-refractivity contribution in [1.29, 1.82) is 5.26 Å². The lowest BCUT2D eigenvalue weighted by molar-refractivity contribution is -0.126. The Kier molecular flexibility index (Phi) is 3.61. The maximum atomic E-state index is 13.4. The zero-order chi connectivity index (χ0) is 18.5. The van der Waals surface area contributed by atoms with E-state index >= 15 is 0 Å². The Hall–Kier alpha value is -3.01. The van der Waals surface area contributed by atoms with Crippen molar-refractivity contribution >= 4 is 17.5 Å². The highest BCUT2D eigenvalue weighted by atomic mass is 16.2. The van der Waals surface area contributed by atoms with E-state index in [4.69, 9.17) is 5.26 Å². The van der Waals surface area contributed by atoms with Gasteiger partial charge in [0.05, 0.1) is 29.3 Å². The molecule has 2 amide bonds. The SMILES string of the molecule is N#Cc1ccc(N2C(=O)[C@H]3[C@@H](C2=O)N2CCCN2[C@@H]3c2ccccc2)cc1. The molecule has 0 spiro atoms. The molecule has 3 aliphatic heterocycles. The van der Waals surface area contributed by atoms with Crippen molar-refractivity contribution in [3.8, 4) is 6.07 Å². The number of rotatable bonds is 2. The molecule has 0 aliphatic carbocycles. The average molecular weight is 358 g/mol. The Morgan fingerprint density at radius 1 is 0.852 bits per heavy atom. The molecule has 27 heavy (non-hydrogen) atoms. The summed E-state index contributed by atoms with van der Waals surface area (Å²) in [6, 6.07) is 18.1. The Morgan fingerprint density at radius 2 is 1.52 bits per heavy atom. The van der Waals surface area contributed by atoms with Crippen molar-refractivity contribution in [3.63, 3.8) is 0 Å². The van der Waals surface area contributed by atoms with Crippen LogP contribution < -0.4 is 4.90 Å². The standard InChI is InChI=1S/C21H18N4O2/c22-13-14-7-9-16(10-8-14)25-20(26)17-18(15-5-2-1-3-6-15)23-11-4-12-24(23)19(17)21(25)27/h1-3,5-10,17-19H,4,11-12H2/t17-,18-,19+/m1/s1. The molecule has 6 nitrogen and oxygen atoms in total. The summed E-state index contributed by atoms with van der Waals surface area (Å²) < 4.78 is 0. The van der Waals surface area contributed by atoms with E-state index in [0.717, 1.165) is 25.1 Å². The van der Waals surface area contributed by atoms with Gasteiger partial charge in [0, 0.05) is 13.1 Å². The van der Waals surface area contributed by atoms with Gasteiger partial charge in [-0.25, -0.2) is 14.9 Å². The summed E-state index contributed by atoms with van der Waals surface area (Å²) in [4.78, 5) is 27.9. The lowest BCUT2D eigenvalue weighted by Crippen LogP contribution is -2.44. The molecular weight excluding hydrogens is 340 g/mol. The molecule has 0 radical (unpaired) electrons. The van der Waals surface area contributed by atoms with Gasteiger partial charge in [-0.15, -0.1) is 0 Å². The molecule has 2 aromatic carbocycles. The molecule has 5 rings (SSSR count). The minimum Gasteiger partial charge on any atom is -0.274 e. The van der Waals surface area contributed by atoms with E-state index in [-0.39, 0.29) is 17.9 Å². The van der Waals surface area contributed by atoms with E-state index < -0.39 is 12.0 Å². The Bertz CT molecular complexity index is 950. The fourth-order valence-corrected chi connectivity index (χ4v) is 4.70. The zero-order valence-electron chi connectivity index (χ0n) is 14.7. The summed E-state index contributed by atoms with van der Waals surface area (Å²) in [5.74, 6) is -0.728. The number of imide groups is 1. The van der Waals surface area contributed by atoms with Crippen molar-refractivity contribution < 1.29 is 9.59 Å². The number of nitrogens with zero attached hydrogens (tertiary/aromatic N) is 4. The van der Waals surface area contributed by atoms with Gasteiger partial charge in [0.15, 0.2) is 0 Å². The number of benzene rings is 2. The number of nitriles is 1. The fourth-order valence-electron chi connectivity index (χ4n) is 4.70. The molecule has 3 atom stereocenters. The molecule has 3 fully saturated rings. The second kappa shape index (κ2) is 6.02. The van der Waals surface area contributed by atoms with Crippen LogP contribution in [0, 0.1) is 17.2 Å². The van der Waals surface area contributed by atoms with Gasteiger partial charge in [0.1, 0.15) is 6.04 Å². The van der Waals surface area contributed by atoms with Gasteiger partial charge in [-0.2, -0.15) is 5.26 Å². The minimum atomic E-state index is -0.444. The van der Waals surface area contributed by atoms with Gasteiger partial charge >= 0.3 is 0 Å². The molecule has 0 unspecified atom stereocenters. The first kappa shape index (κ1) is 16.2. The van der Waals surface area contributed by atoms with Crippen molar-refractivity contribution in [2.24, 2.45) is 5.92 Å². The topological polar surface area (TPSA) is 67.6 Å². The molecular formula is C21H18N4O2. The Balaban J connectivity index is 1.57. The van der Waals surface area contributed by atoms with Crippen LogP contribution >= 0.6 is 0 Å². The lowest BCUT2D eigenvalue weighted by Gasteiger charge is -2.29. The second-order valence-electron chi connectivity index (χ2n) is 7.18. The predicted molar refractivity (Wildman–Crippen MR) is 98.1 cm³/mol. The zero-order valence-corrected chi connectivity index (χ0v) is 14.7. The molecule has 3 saturated heterocycles. The van der Waals surface area contributed by atoms with Crippen LogP contribution in [0.1, 0.15) is 23.6 Å². The third kappa shape index (κ3) is 2.26. The highest BCUT2D eigenvalue weighted by Crippen LogP contribution is 2.48. The number of anilines is 1. The molecule has 0 bridgehead atoms. The number of amides is 2. The minimum absolute atomic E-state index is 0.112. The van der Waals surface area contributed by atoms with E-state index in [2.05, 4.69) is 16.1 Å². The highest BCUT2D eigenvalue weighted by molar-refractivity contribution is 6.24. The van der Waals surface area contributed by atoms with Crippen molar-refractivity contribution in [3.05, 3.63) is 65.7 Å². The molecule has 0 N–H and O–H groups in total. The molecule has 2 aromatic rings. The quantitative estimate of drug-likeness (QED) is 0.769. The Morgan fingerprint density at radius 3 is 2.19 bits per heavy atom. The van der Waals surface area contributed by atoms with Crippen molar-refractivity contribution in [2.75, 3.05) is 18.0 Å². The number of carbonyl (C=O) groups excluding carboxylic acids is 2. The molecule has 3 aliphatic rings. The third-order valence-electron chi connectivity index (χ3n) is 5.80. The lowest BCUT2D eigenvalue weighted by atomic mass is 9.90. The summed E-state index contributed by atoms with van der Waals surface area (Å²) in [6.45, 7) is 1.66. The average Bonchev–Trinajstić information content (AvgIpc) is 3.35. The maximum absolute atomic E-state index is 13.4. The van der Waals surface area contributed by atoms with Crippen molar-refractivity contribution in [1.82, 2.24) is 10.0 Å². The maximum Gasteiger partial charge on any atom is 0.253 e. The van der Waals surface area contributed by atoms with Crippen LogP contribution in [0.3, 0.4) is 0 Å². The number of hydrogen-bond donors (Lipinski definition) is 0. The van der Waals surface area contributed by atoms with Crippen LogP contribution in [0.4, 0.5) is 5.69 Å². The molecule has 0 saturated carbocycles. The van der Waals surface area contributed by atoms with Gasteiger partial charge in [0.25, 0.3) is 5.91 Å². The van der Waals surface area contributed by atoms with Gasteiger partial charge in [-0.1, -0.05) is 30.3 Å². The van der Waals surface area contributed by atoms with Crippen LogP contribution in [0.25, 0.3) is 0 Å². The molecule has 3 heterocycles. The third-order valence-corrected chi connectivity index (χ3v) is 5.80. The summed E-state index contributed by atoms with van der Waals surface area (Å²) in [6.07, 6.45) is 0.991. The van der Waals surface area contributed by atoms with Gasteiger partial charge in [-0.05, 0) is 36.2 Å². The van der Waals surface area contributed by atoms with Crippen LogP contribution in [0.15, 0.2) is 54.6 Å². The van der Waals surface area contributed by atoms with Gasteiger partial charge in [-0.3, -0.25) is 9.59 Å². The molecule has 134 valence electrons. The van der Waals surface area contributed by atoms with E-state index in [9.17, 15) is 9.59 Å². The second-order valence-corrected chi connectivity index (χ2v) is 7.18. The normalized spacial score (nSPS) is 27.7. The van der Waals surface area contributed by atoms with Crippen molar-refractivity contribution in [2.45, 2.75) is 18.5 Å². The van der Waals surface area contributed by atoms with Gasteiger partial charge in [0.2, 0.25) is 5.91 Å². The smallest absolute Gasteiger partial charge is 0.253 e. The summed E-state index contributed by atoms with van der Waals surface area (Å²) >= 11 is 0. The largest absolute Gasteiger partial charge is 0.274 e. The number of hydrazine groups is 1. The van der Waals surface area contributed by atoms with E-state index in [1.807, 2.05) is 30.3 Å². The Labute approximate surface area is 157 Å². The number of hydrogen-bond acceptors (Lipinski definition) is 5.